The molecule has 6 nitrogen and oxygen atoms in total. The van der Waals surface area contributed by atoms with Gasteiger partial charge in [0.25, 0.3) is 0 Å². The van der Waals surface area contributed by atoms with E-state index in [0.717, 1.165) is 24.1 Å². The second kappa shape index (κ2) is 10.4. The molecule has 0 aromatic heterocycles. The van der Waals surface area contributed by atoms with E-state index in [1.165, 1.54) is 0 Å². The smallest absolute Gasteiger partial charge is 0.222 e. The van der Waals surface area contributed by atoms with Crippen molar-refractivity contribution in [1.82, 2.24) is 10.2 Å². The van der Waals surface area contributed by atoms with Crippen LogP contribution in [0.1, 0.15) is 24.0 Å². The molecule has 128 valence electrons. The summed E-state index contributed by atoms with van der Waals surface area (Å²) in [5.41, 5.74) is 8.04. The Balaban J connectivity index is 0.00000264. The highest BCUT2D eigenvalue weighted by Crippen LogP contribution is 2.17. The molecule has 0 spiro atoms. The number of benzene rings is 1. The van der Waals surface area contributed by atoms with Crippen LogP contribution < -0.4 is 11.1 Å². The number of halogens is 1. The first-order chi connectivity index (χ1) is 10.7. The van der Waals surface area contributed by atoms with Crippen molar-refractivity contribution in [3.63, 3.8) is 0 Å². The average molecular weight is 432 g/mol. The number of rotatable bonds is 7. The molecule has 0 unspecified atom stereocenters. The monoisotopic (exact) mass is 432 g/mol. The number of nitrogens with one attached hydrogen (secondary N) is 1. The van der Waals surface area contributed by atoms with Crippen LogP contribution in [0.3, 0.4) is 0 Å². The van der Waals surface area contributed by atoms with Crippen LogP contribution in [0.5, 0.6) is 0 Å². The van der Waals surface area contributed by atoms with Crippen LogP contribution in [0.4, 0.5) is 0 Å². The van der Waals surface area contributed by atoms with Gasteiger partial charge in [0.05, 0.1) is 13.2 Å². The molecular weight excluding hydrogens is 407 g/mol. The summed E-state index contributed by atoms with van der Waals surface area (Å²) in [5, 5.41) is 2.99. The summed E-state index contributed by atoms with van der Waals surface area (Å²) < 4.78 is 4.95. The van der Waals surface area contributed by atoms with Crippen LogP contribution >= 0.6 is 24.0 Å². The van der Waals surface area contributed by atoms with E-state index in [0.29, 0.717) is 38.6 Å². The molecule has 7 heteroatoms. The molecule has 3 N–H and O–H groups in total. The molecule has 2 rings (SSSR count). The summed E-state index contributed by atoms with van der Waals surface area (Å²) >= 11 is 0. The first kappa shape index (κ1) is 19.7. The van der Waals surface area contributed by atoms with Crippen molar-refractivity contribution >= 4 is 35.8 Å². The lowest BCUT2D eigenvalue weighted by Crippen LogP contribution is -2.34. The van der Waals surface area contributed by atoms with Crippen molar-refractivity contribution in [3.05, 3.63) is 35.4 Å². The van der Waals surface area contributed by atoms with E-state index in [2.05, 4.69) is 10.3 Å². The third kappa shape index (κ3) is 6.34. The fourth-order valence-electron chi connectivity index (χ4n) is 2.45. The number of nitrogens with zero attached hydrogens (tertiary/aromatic N) is 2. The third-order valence-electron chi connectivity index (χ3n) is 3.68. The zero-order valence-electron chi connectivity index (χ0n) is 13.5. The first-order valence-corrected chi connectivity index (χ1v) is 7.58. The highest BCUT2D eigenvalue weighted by Gasteiger charge is 2.20. The van der Waals surface area contributed by atoms with Crippen LogP contribution in [0.2, 0.25) is 0 Å². The van der Waals surface area contributed by atoms with Gasteiger partial charge in [-0.05, 0) is 17.5 Å². The standard InChI is InChI=1S/C16H24N4O2.HI/c1-22-10-8-18-16(17)19-11-13-5-2-3-6-14(13)12-20-9-4-7-15(20)21;/h2-3,5-6H,4,7-12H2,1H3,(H3,17,18,19);1H. The Kier molecular flexibility index (Phi) is 8.93. The summed E-state index contributed by atoms with van der Waals surface area (Å²) in [7, 11) is 1.64. The van der Waals surface area contributed by atoms with E-state index in [4.69, 9.17) is 10.5 Å². The molecule has 1 amide bonds. The maximum atomic E-state index is 11.8. The molecule has 0 saturated carbocycles. The fourth-order valence-corrected chi connectivity index (χ4v) is 2.45. The minimum Gasteiger partial charge on any atom is -0.383 e. The number of amides is 1. The van der Waals surface area contributed by atoms with E-state index in [9.17, 15) is 4.79 Å². The molecule has 0 atom stereocenters. The molecule has 1 aliphatic rings. The molecule has 0 radical (unpaired) electrons. The number of carbonyl (C=O) groups is 1. The van der Waals surface area contributed by atoms with E-state index < -0.39 is 0 Å². The largest absolute Gasteiger partial charge is 0.383 e. The Morgan fingerprint density at radius 1 is 1.39 bits per heavy atom. The predicted octanol–water partition coefficient (Wildman–Crippen LogP) is 1.48. The summed E-state index contributed by atoms with van der Waals surface area (Å²) in [6.07, 6.45) is 1.62. The lowest BCUT2D eigenvalue weighted by Gasteiger charge is -2.17. The molecule has 1 aromatic rings. The molecule has 0 aliphatic carbocycles. The SMILES string of the molecule is COCCNC(N)=NCc1ccccc1CN1CCCC1=O.I. The maximum absolute atomic E-state index is 11.8. The zero-order chi connectivity index (χ0) is 15.8. The number of guanidine groups is 1. The number of methoxy groups -OCH3 is 1. The number of aliphatic imine (C=N–C) groups is 1. The van der Waals surface area contributed by atoms with Crippen molar-refractivity contribution in [2.75, 3.05) is 26.8 Å². The predicted molar refractivity (Wildman–Crippen MR) is 102 cm³/mol. The van der Waals surface area contributed by atoms with Gasteiger partial charge in [-0.3, -0.25) is 4.79 Å². The number of hydrogen-bond acceptors (Lipinski definition) is 3. The highest BCUT2D eigenvalue weighted by atomic mass is 127. The maximum Gasteiger partial charge on any atom is 0.222 e. The van der Waals surface area contributed by atoms with Crippen molar-refractivity contribution in [1.29, 1.82) is 0 Å². The quantitative estimate of drug-likeness (QED) is 0.296. The van der Waals surface area contributed by atoms with Gasteiger partial charge in [0.15, 0.2) is 5.96 Å². The van der Waals surface area contributed by atoms with Crippen molar-refractivity contribution < 1.29 is 9.53 Å². The Morgan fingerprint density at radius 2 is 2.13 bits per heavy atom. The Morgan fingerprint density at radius 3 is 2.78 bits per heavy atom. The summed E-state index contributed by atoms with van der Waals surface area (Å²) in [6.45, 7) is 3.22. The Hall–Kier alpha value is -1.35. The van der Waals surface area contributed by atoms with Crippen molar-refractivity contribution in [2.24, 2.45) is 10.7 Å². The lowest BCUT2D eigenvalue weighted by atomic mass is 10.1. The van der Waals surface area contributed by atoms with Gasteiger partial charge in [-0.25, -0.2) is 4.99 Å². The average Bonchev–Trinajstić information content (AvgIpc) is 2.92. The fraction of sp³-hybridized carbons (Fsp3) is 0.500. The Bertz CT molecular complexity index is 537. The molecule has 1 aromatic carbocycles. The minimum absolute atomic E-state index is 0. The number of hydrogen-bond donors (Lipinski definition) is 2. The molecule has 0 bridgehead atoms. The molecule has 23 heavy (non-hydrogen) atoms. The van der Waals surface area contributed by atoms with Gasteiger partial charge in [-0.1, -0.05) is 24.3 Å². The zero-order valence-corrected chi connectivity index (χ0v) is 15.8. The number of nitrogens with two attached hydrogens (primary N) is 1. The second-order valence-corrected chi connectivity index (χ2v) is 5.31. The third-order valence-corrected chi connectivity index (χ3v) is 3.68. The van der Waals surface area contributed by atoms with Crippen LogP contribution in [0, 0.1) is 0 Å². The molecule has 1 heterocycles. The molecule has 1 aliphatic heterocycles. The van der Waals surface area contributed by atoms with Gasteiger partial charge in [0.2, 0.25) is 5.91 Å². The normalized spacial score (nSPS) is 14.7. The topological polar surface area (TPSA) is 80.0 Å². The van der Waals surface area contributed by atoms with E-state index >= 15 is 0 Å². The molecular formula is C16H25IN4O2. The van der Waals surface area contributed by atoms with Gasteiger partial charge in [-0.15, -0.1) is 24.0 Å². The van der Waals surface area contributed by atoms with E-state index in [1.807, 2.05) is 29.2 Å². The summed E-state index contributed by atoms with van der Waals surface area (Å²) in [4.78, 5) is 18.0. The second-order valence-electron chi connectivity index (χ2n) is 5.31. The van der Waals surface area contributed by atoms with Crippen molar-refractivity contribution in [3.8, 4) is 0 Å². The Labute approximate surface area is 154 Å². The van der Waals surface area contributed by atoms with Crippen LogP contribution in [0.25, 0.3) is 0 Å². The van der Waals surface area contributed by atoms with Gasteiger partial charge < -0.3 is 20.7 Å². The number of likely N-dealkylation sites (tertiary alicyclic amines) is 1. The number of ether oxygens (including phenoxy) is 1. The van der Waals surface area contributed by atoms with Gasteiger partial charge in [0.1, 0.15) is 0 Å². The first-order valence-electron chi connectivity index (χ1n) is 7.58. The van der Waals surface area contributed by atoms with Crippen LogP contribution in [0.15, 0.2) is 29.3 Å². The summed E-state index contributed by atoms with van der Waals surface area (Å²) in [5.74, 6) is 0.642. The van der Waals surface area contributed by atoms with Gasteiger partial charge >= 0.3 is 0 Å². The molecule has 1 fully saturated rings. The van der Waals surface area contributed by atoms with Crippen LogP contribution in [-0.2, 0) is 22.6 Å². The van der Waals surface area contributed by atoms with Gasteiger partial charge in [-0.2, -0.15) is 0 Å². The van der Waals surface area contributed by atoms with Gasteiger partial charge in [0, 0.05) is 33.2 Å². The van der Waals surface area contributed by atoms with E-state index in [-0.39, 0.29) is 29.9 Å². The molecule has 1 saturated heterocycles. The summed E-state index contributed by atoms with van der Waals surface area (Å²) in [6, 6.07) is 8.05. The van der Waals surface area contributed by atoms with E-state index in [1.54, 1.807) is 7.11 Å². The lowest BCUT2D eigenvalue weighted by molar-refractivity contribution is -0.128. The minimum atomic E-state index is 0. The van der Waals surface area contributed by atoms with Crippen molar-refractivity contribution in [2.45, 2.75) is 25.9 Å². The highest BCUT2D eigenvalue weighted by molar-refractivity contribution is 14.0. The number of carbonyl (C=O) groups excluding carboxylic acids is 1. The van der Waals surface area contributed by atoms with Crippen LogP contribution in [-0.4, -0.2) is 43.6 Å².